The fraction of sp³-hybridized carbons (Fsp3) is 0.353. The van der Waals surface area contributed by atoms with E-state index < -0.39 is 0 Å². The van der Waals surface area contributed by atoms with Crippen LogP contribution in [0.1, 0.15) is 32.5 Å². The molecule has 0 saturated carbocycles. The number of hydrogen-bond donors (Lipinski definition) is 2. The highest BCUT2D eigenvalue weighted by atomic mass is 79.9. The van der Waals surface area contributed by atoms with Gasteiger partial charge < -0.3 is 20.3 Å². The molecular weight excluding hydrogens is 390 g/mol. The van der Waals surface area contributed by atoms with E-state index >= 15 is 0 Å². The molecule has 0 radical (unpaired) electrons. The molecule has 0 bridgehead atoms. The van der Waals surface area contributed by atoms with Crippen LogP contribution in [-0.2, 0) is 13.0 Å². The van der Waals surface area contributed by atoms with Crippen molar-refractivity contribution in [1.29, 1.82) is 0 Å². The standard InChI is InChI=1S/C17H18BrN3O2S/c1-21-6-5-10-13(8-21)24-17-14(10)16(22)19-15(20-17)9-3-4-12(23-2)11(18)7-9/h3-4,7,15,20H,5-6,8H2,1-2H3,(H,19,22)/t15-/m1/s1. The minimum absolute atomic E-state index is 0.0164. The number of likely N-dealkylation sites (N-methyl/N-ethyl adjacent to an activating group) is 1. The summed E-state index contributed by atoms with van der Waals surface area (Å²) in [5, 5.41) is 7.55. The molecule has 2 N–H and O–H groups in total. The molecule has 2 aromatic rings. The number of halogens is 1. The predicted octanol–water partition coefficient (Wildman–Crippen LogP) is 3.36. The summed E-state index contributed by atoms with van der Waals surface area (Å²) < 4.78 is 6.14. The third-order valence-electron chi connectivity index (χ3n) is 4.53. The number of nitrogens with zero attached hydrogens (tertiary/aromatic N) is 1. The summed E-state index contributed by atoms with van der Waals surface area (Å²) in [5.41, 5.74) is 3.05. The second-order valence-corrected chi connectivity index (χ2v) is 8.10. The van der Waals surface area contributed by atoms with E-state index in [1.165, 1.54) is 10.4 Å². The molecule has 1 atom stereocenters. The first-order chi connectivity index (χ1) is 11.6. The Morgan fingerprint density at radius 1 is 1.38 bits per heavy atom. The Kier molecular flexibility index (Phi) is 4.02. The van der Waals surface area contributed by atoms with Crippen LogP contribution in [-0.4, -0.2) is 31.5 Å². The average Bonchev–Trinajstić information content (AvgIpc) is 2.92. The normalized spacial score (nSPS) is 20.0. The minimum atomic E-state index is -0.231. The summed E-state index contributed by atoms with van der Waals surface area (Å²) in [6.07, 6.45) is 0.705. The van der Waals surface area contributed by atoms with E-state index in [0.717, 1.165) is 45.9 Å². The van der Waals surface area contributed by atoms with Gasteiger partial charge in [-0.2, -0.15) is 0 Å². The van der Waals surface area contributed by atoms with Gasteiger partial charge in [-0.05, 0) is 52.7 Å². The van der Waals surface area contributed by atoms with Crippen LogP contribution in [0.5, 0.6) is 5.75 Å². The highest BCUT2D eigenvalue weighted by molar-refractivity contribution is 9.10. The van der Waals surface area contributed by atoms with Crippen LogP contribution >= 0.6 is 27.3 Å². The maximum Gasteiger partial charge on any atom is 0.256 e. The van der Waals surface area contributed by atoms with E-state index in [1.54, 1.807) is 18.4 Å². The molecule has 1 amide bonds. The van der Waals surface area contributed by atoms with Crippen molar-refractivity contribution in [2.24, 2.45) is 0 Å². The summed E-state index contributed by atoms with van der Waals surface area (Å²) in [5.74, 6) is 0.791. The SMILES string of the molecule is COc1ccc([C@@H]2NC(=O)c3c(sc4c3CCN(C)C4)N2)cc1Br. The molecule has 4 rings (SSSR count). The van der Waals surface area contributed by atoms with Crippen LogP contribution < -0.4 is 15.4 Å². The highest BCUT2D eigenvalue weighted by Crippen LogP contribution is 2.41. The summed E-state index contributed by atoms with van der Waals surface area (Å²) in [6, 6.07) is 5.84. The van der Waals surface area contributed by atoms with Gasteiger partial charge in [0.15, 0.2) is 0 Å². The summed E-state index contributed by atoms with van der Waals surface area (Å²) in [7, 11) is 3.76. The third-order valence-corrected chi connectivity index (χ3v) is 6.30. The molecule has 0 unspecified atom stereocenters. The van der Waals surface area contributed by atoms with Gasteiger partial charge in [0.25, 0.3) is 5.91 Å². The van der Waals surface area contributed by atoms with Crippen LogP contribution in [0.4, 0.5) is 5.00 Å². The van der Waals surface area contributed by atoms with Gasteiger partial charge in [0, 0.05) is 18.0 Å². The summed E-state index contributed by atoms with van der Waals surface area (Å²) in [6.45, 7) is 1.92. The van der Waals surface area contributed by atoms with Crippen LogP contribution in [0, 0.1) is 0 Å². The minimum Gasteiger partial charge on any atom is -0.496 e. The molecule has 1 aromatic heterocycles. The number of ether oxygens (including phenoxy) is 1. The van der Waals surface area contributed by atoms with Gasteiger partial charge >= 0.3 is 0 Å². The van der Waals surface area contributed by atoms with Gasteiger partial charge in [-0.1, -0.05) is 6.07 Å². The summed E-state index contributed by atoms with van der Waals surface area (Å²) >= 11 is 5.21. The number of nitrogens with one attached hydrogen (secondary N) is 2. The molecule has 2 aliphatic rings. The number of carbonyl (C=O) groups excluding carboxylic acids is 1. The Morgan fingerprint density at radius 3 is 2.96 bits per heavy atom. The zero-order valence-electron chi connectivity index (χ0n) is 13.5. The average molecular weight is 408 g/mol. The molecule has 0 spiro atoms. The van der Waals surface area contributed by atoms with Crippen LogP contribution in [0.3, 0.4) is 0 Å². The fourth-order valence-electron chi connectivity index (χ4n) is 3.27. The van der Waals surface area contributed by atoms with Crippen molar-refractivity contribution in [2.45, 2.75) is 19.1 Å². The molecule has 126 valence electrons. The van der Waals surface area contributed by atoms with Gasteiger partial charge in [-0.15, -0.1) is 11.3 Å². The zero-order chi connectivity index (χ0) is 16.8. The Bertz CT molecular complexity index is 820. The molecule has 24 heavy (non-hydrogen) atoms. The van der Waals surface area contributed by atoms with Gasteiger partial charge in [-0.3, -0.25) is 4.79 Å². The van der Waals surface area contributed by atoms with Gasteiger partial charge in [0.1, 0.15) is 16.9 Å². The molecule has 0 aliphatic carbocycles. The number of hydrogen-bond acceptors (Lipinski definition) is 5. The molecule has 1 aromatic carbocycles. The van der Waals surface area contributed by atoms with Gasteiger partial charge in [0.2, 0.25) is 0 Å². The molecular formula is C17H18BrN3O2S. The fourth-order valence-corrected chi connectivity index (χ4v) is 5.18. The number of thiophene rings is 1. The molecule has 2 aliphatic heterocycles. The number of rotatable bonds is 2. The van der Waals surface area contributed by atoms with Crippen molar-refractivity contribution in [3.05, 3.63) is 44.2 Å². The lowest BCUT2D eigenvalue weighted by atomic mass is 10.0. The smallest absolute Gasteiger partial charge is 0.256 e. The monoisotopic (exact) mass is 407 g/mol. The predicted molar refractivity (Wildman–Crippen MR) is 98.9 cm³/mol. The number of amides is 1. The van der Waals surface area contributed by atoms with Gasteiger partial charge in [-0.25, -0.2) is 0 Å². The number of anilines is 1. The largest absolute Gasteiger partial charge is 0.496 e. The highest BCUT2D eigenvalue weighted by Gasteiger charge is 2.32. The first kappa shape index (κ1) is 15.9. The second kappa shape index (κ2) is 6.06. The number of methoxy groups -OCH3 is 1. The number of benzene rings is 1. The topological polar surface area (TPSA) is 53.6 Å². The molecule has 3 heterocycles. The second-order valence-electron chi connectivity index (χ2n) is 6.14. The van der Waals surface area contributed by atoms with E-state index in [-0.39, 0.29) is 12.1 Å². The lowest BCUT2D eigenvalue weighted by molar-refractivity contribution is 0.0935. The Morgan fingerprint density at radius 2 is 2.21 bits per heavy atom. The van der Waals surface area contributed by atoms with Crippen LogP contribution in [0.25, 0.3) is 0 Å². The van der Waals surface area contributed by atoms with E-state index in [9.17, 15) is 4.79 Å². The van der Waals surface area contributed by atoms with Crippen molar-refractivity contribution >= 4 is 38.2 Å². The van der Waals surface area contributed by atoms with Crippen LogP contribution in [0.2, 0.25) is 0 Å². The Hall–Kier alpha value is -1.57. The Balaban J connectivity index is 1.67. The quantitative estimate of drug-likeness (QED) is 0.801. The lowest BCUT2D eigenvalue weighted by Gasteiger charge is -2.27. The van der Waals surface area contributed by atoms with Crippen LogP contribution in [0.15, 0.2) is 22.7 Å². The Labute approximate surface area is 153 Å². The van der Waals surface area contributed by atoms with Crippen molar-refractivity contribution < 1.29 is 9.53 Å². The zero-order valence-corrected chi connectivity index (χ0v) is 15.9. The van der Waals surface area contributed by atoms with Crippen molar-refractivity contribution in [1.82, 2.24) is 10.2 Å². The number of fused-ring (bicyclic) bond motifs is 3. The first-order valence-electron chi connectivity index (χ1n) is 7.80. The maximum atomic E-state index is 12.7. The first-order valence-corrected chi connectivity index (χ1v) is 9.41. The van der Waals surface area contributed by atoms with E-state index in [0.29, 0.717) is 0 Å². The van der Waals surface area contributed by atoms with Crippen molar-refractivity contribution in [3.8, 4) is 5.75 Å². The molecule has 0 saturated heterocycles. The maximum absolute atomic E-state index is 12.7. The molecule has 7 heteroatoms. The van der Waals surface area contributed by atoms with Crippen molar-refractivity contribution in [2.75, 3.05) is 26.0 Å². The number of carbonyl (C=O) groups is 1. The van der Waals surface area contributed by atoms with Crippen molar-refractivity contribution in [3.63, 3.8) is 0 Å². The molecule has 5 nitrogen and oxygen atoms in total. The van der Waals surface area contributed by atoms with E-state index in [2.05, 4.69) is 38.5 Å². The molecule has 0 fully saturated rings. The van der Waals surface area contributed by atoms with E-state index in [4.69, 9.17) is 4.74 Å². The summed E-state index contributed by atoms with van der Waals surface area (Å²) in [4.78, 5) is 16.3. The van der Waals surface area contributed by atoms with E-state index in [1.807, 2.05) is 18.2 Å². The lowest BCUT2D eigenvalue weighted by Crippen LogP contribution is -2.38. The van der Waals surface area contributed by atoms with Gasteiger partial charge in [0.05, 0.1) is 17.1 Å². The third kappa shape index (κ3) is 2.60.